The van der Waals surface area contributed by atoms with E-state index in [4.69, 9.17) is 19.3 Å². The first-order valence-electron chi connectivity index (χ1n) is 5.50. The van der Waals surface area contributed by atoms with Crippen molar-refractivity contribution < 1.29 is 23.7 Å². The van der Waals surface area contributed by atoms with Crippen LogP contribution in [-0.4, -0.2) is 31.2 Å². The van der Waals surface area contributed by atoms with Crippen molar-refractivity contribution in [1.82, 2.24) is 0 Å². The number of methoxy groups -OCH3 is 1. The molecule has 1 aliphatic heterocycles. The first kappa shape index (κ1) is 12.1. The zero-order valence-electron chi connectivity index (χ0n) is 9.56. The quantitative estimate of drug-likeness (QED) is 0.881. The van der Waals surface area contributed by atoms with Crippen molar-refractivity contribution in [2.45, 2.75) is 25.2 Å². The molecule has 1 N–H and O–H groups in total. The summed E-state index contributed by atoms with van der Waals surface area (Å²) in [5.41, 5.74) is 0. The highest BCUT2D eigenvalue weighted by molar-refractivity contribution is 5.32. The average molecular weight is 242 g/mol. The Morgan fingerprint density at radius 2 is 2.29 bits per heavy atom. The largest absolute Gasteiger partial charge is 0.505 e. The summed E-state index contributed by atoms with van der Waals surface area (Å²) in [6, 6.07) is 3.86. The first-order valence-corrected chi connectivity index (χ1v) is 5.50. The Labute approximate surface area is 98.9 Å². The molecule has 2 atom stereocenters. The van der Waals surface area contributed by atoms with E-state index in [0.29, 0.717) is 12.4 Å². The molecule has 1 aromatic carbocycles. The van der Waals surface area contributed by atoms with Crippen LogP contribution in [0.1, 0.15) is 12.8 Å². The van der Waals surface area contributed by atoms with Gasteiger partial charge in [-0.2, -0.15) is 0 Å². The molecule has 0 amide bonds. The second-order valence-electron chi connectivity index (χ2n) is 3.89. The lowest BCUT2D eigenvalue weighted by molar-refractivity contribution is -0.179. The van der Waals surface area contributed by atoms with E-state index in [1.54, 1.807) is 7.11 Å². The number of aromatic hydroxyl groups is 1. The van der Waals surface area contributed by atoms with Gasteiger partial charge in [0.1, 0.15) is 11.9 Å². The van der Waals surface area contributed by atoms with Crippen LogP contribution in [0.15, 0.2) is 18.2 Å². The molecule has 1 saturated heterocycles. The third kappa shape index (κ3) is 2.87. The highest BCUT2D eigenvalue weighted by Crippen LogP contribution is 2.25. The maximum Gasteiger partial charge on any atom is 0.226 e. The lowest BCUT2D eigenvalue weighted by Gasteiger charge is -2.30. The molecule has 1 unspecified atom stereocenters. The number of ether oxygens (including phenoxy) is 3. The van der Waals surface area contributed by atoms with Crippen LogP contribution in [0.2, 0.25) is 0 Å². The van der Waals surface area contributed by atoms with Gasteiger partial charge in [-0.25, -0.2) is 4.39 Å². The lowest BCUT2D eigenvalue weighted by Crippen LogP contribution is -2.39. The third-order valence-corrected chi connectivity index (χ3v) is 2.69. The molecule has 0 radical (unpaired) electrons. The van der Waals surface area contributed by atoms with E-state index < -0.39 is 17.9 Å². The fraction of sp³-hybridized carbons (Fsp3) is 0.500. The number of phenols is 1. The molecule has 5 heteroatoms. The van der Waals surface area contributed by atoms with E-state index in [9.17, 15) is 4.39 Å². The van der Waals surface area contributed by atoms with Gasteiger partial charge in [-0.1, -0.05) is 0 Å². The molecule has 0 spiro atoms. The van der Waals surface area contributed by atoms with Crippen LogP contribution in [0, 0.1) is 5.82 Å². The van der Waals surface area contributed by atoms with E-state index in [0.717, 1.165) is 18.9 Å². The summed E-state index contributed by atoms with van der Waals surface area (Å²) < 4.78 is 29.3. The SMILES string of the molecule is COC1CCCO[C@H]1Oc1ccc(O)c(F)c1. The second-order valence-corrected chi connectivity index (χ2v) is 3.89. The molecule has 0 saturated carbocycles. The molecule has 0 aromatic heterocycles. The summed E-state index contributed by atoms with van der Waals surface area (Å²) in [6.07, 6.45) is 1.09. The molecular formula is C12H15FO4. The topological polar surface area (TPSA) is 47.9 Å². The van der Waals surface area contributed by atoms with Crippen molar-refractivity contribution in [2.24, 2.45) is 0 Å². The van der Waals surface area contributed by atoms with Crippen molar-refractivity contribution in [3.8, 4) is 11.5 Å². The summed E-state index contributed by atoms with van der Waals surface area (Å²) in [6.45, 7) is 0.602. The van der Waals surface area contributed by atoms with Crippen LogP contribution < -0.4 is 4.74 Å². The van der Waals surface area contributed by atoms with Gasteiger partial charge < -0.3 is 19.3 Å². The number of hydrogen-bond donors (Lipinski definition) is 1. The predicted molar refractivity (Wildman–Crippen MR) is 58.5 cm³/mol. The zero-order valence-corrected chi connectivity index (χ0v) is 9.56. The normalized spacial score (nSPS) is 24.6. The van der Waals surface area contributed by atoms with E-state index >= 15 is 0 Å². The molecule has 0 aliphatic carbocycles. The molecule has 0 bridgehead atoms. The van der Waals surface area contributed by atoms with Crippen molar-refractivity contribution >= 4 is 0 Å². The number of phenolic OH excluding ortho intramolecular Hbond substituents is 1. The third-order valence-electron chi connectivity index (χ3n) is 2.69. The van der Waals surface area contributed by atoms with Crippen molar-refractivity contribution in [3.63, 3.8) is 0 Å². The van der Waals surface area contributed by atoms with Crippen LogP contribution in [0.4, 0.5) is 4.39 Å². The van der Waals surface area contributed by atoms with Gasteiger partial charge in [0.2, 0.25) is 6.29 Å². The monoisotopic (exact) mass is 242 g/mol. The van der Waals surface area contributed by atoms with Crippen molar-refractivity contribution in [2.75, 3.05) is 13.7 Å². The molecule has 1 aromatic rings. The van der Waals surface area contributed by atoms with Crippen LogP contribution in [0.3, 0.4) is 0 Å². The van der Waals surface area contributed by atoms with Crippen LogP contribution >= 0.6 is 0 Å². The van der Waals surface area contributed by atoms with Crippen LogP contribution in [0.5, 0.6) is 11.5 Å². The number of rotatable bonds is 3. The van der Waals surface area contributed by atoms with E-state index in [1.165, 1.54) is 12.1 Å². The Balaban J connectivity index is 2.05. The number of hydrogen-bond acceptors (Lipinski definition) is 4. The fourth-order valence-corrected chi connectivity index (χ4v) is 1.76. The molecule has 1 heterocycles. The highest BCUT2D eigenvalue weighted by atomic mass is 19.1. The maximum atomic E-state index is 13.1. The molecule has 4 nitrogen and oxygen atoms in total. The summed E-state index contributed by atoms with van der Waals surface area (Å²) >= 11 is 0. The van der Waals surface area contributed by atoms with Gasteiger partial charge in [0, 0.05) is 13.2 Å². The molecule has 1 aliphatic rings. The Morgan fingerprint density at radius 1 is 1.47 bits per heavy atom. The molecule has 94 valence electrons. The minimum atomic E-state index is -0.715. The van der Waals surface area contributed by atoms with Gasteiger partial charge in [-0.15, -0.1) is 0 Å². The number of halogens is 1. The Morgan fingerprint density at radius 3 is 3.00 bits per heavy atom. The fourth-order valence-electron chi connectivity index (χ4n) is 1.76. The minimum Gasteiger partial charge on any atom is -0.505 e. The van der Waals surface area contributed by atoms with Crippen molar-refractivity contribution in [1.29, 1.82) is 0 Å². The van der Waals surface area contributed by atoms with Gasteiger partial charge in [0.05, 0.1) is 6.61 Å². The van der Waals surface area contributed by atoms with Crippen molar-refractivity contribution in [3.05, 3.63) is 24.0 Å². The van der Waals surface area contributed by atoms with E-state index in [1.807, 2.05) is 0 Å². The highest BCUT2D eigenvalue weighted by Gasteiger charge is 2.27. The van der Waals surface area contributed by atoms with Gasteiger partial charge in [-0.3, -0.25) is 0 Å². The van der Waals surface area contributed by atoms with Gasteiger partial charge >= 0.3 is 0 Å². The molecule has 17 heavy (non-hydrogen) atoms. The smallest absolute Gasteiger partial charge is 0.226 e. The average Bonchev–Trinajstić information content (AvgIpc) is 2.34. The predicted octanol–water partition coefficient (Wildman–Crippen LogP) is 2.06. The summed E-state index contributed by atoms with van der Waals surface area (Å²) in [5.74, 6) is -0.799. The second kappa shape index (κ2) is 5.33. The number of benzene rings is 1. The Hall–Kier alpha value is -1.33. The maximum absolute atomic E-state index is 13.1. The molecule has 1 fully saturated rings. The minimum absolute atomic E-state index is 0.152. The lowest BCUT2D eigenvalue weighted by atomic mass is 10.1. The van der Waals surface area contributed by atoms with Crippen LogP contribution in [0.25, 0.3) is 0 Å². The van der Waals surface area contributed by atoms with Gasteiger partial charge in [-0.05, 0) is 25.0 Å². The van der Waals surface area contributed by atoms with E-state index in [-0.39, 0.29) is 6.10 Å². The summed E-state index contributed by atoms with van der Waals surface area (Å²) in [7, 11) is 1.59. The first-order chi connectivity index (χ1) is 8.20. The Bertz CT molecular complexity index is 383. The Kier molecular flexibility index (Phi) is 3.81. The molecular weight excluding hydrogens is 227 g/mol. The van der Waals surface area contributed by atoms with E-state index in [2.05, 4.69) is 0 Å². The zero-order chi connectivity index (χ0) is 12.3. The van der Waals surface area contributed by atoms with Gasteiger partial charge in [0.15, 0.2) is 11.6 Å². The standard InChI is InChI=1S/C12H15FO4/c1-15-11-3-2-6-16-12(11)17-8-4-5-10(14)9(13)7-8/h4-5,7,11-12,14H,2-3,6H2,1H3/t11?,12-/m0/s1. The summed E-state index contributed by atoms with van der Waals surface area (Å²) in [4.78, 5) is 0. The van der Waals surface area contributed by atoms with Crippen LogP contribution in [-0.2, 0) is 9.47 Å². The molecule has 2 rings (SSSR count). The van der Waals surface area contributed by atoms with Gasteiger partial charge in [0.25, 0.3) is 0 Å². The summed E-state index contributed by atoms with van der Waals surface area (Å²) in [5, 5.41) is 9.06.